The molecule has 0 fully saturated rings. The van der Waals surface area contributed by atoms with Gasteiger partial charge in [-0.2, -0.15) is 0 Å². The van der Waals surface area contributed by atoms with E-state index in [-0.39, 0.29) is 24.5 Å². The Morgan fingerprint density at radius 1 is 0.931 bits per heavy atom. The van der Waals surface area contributed by atoms with E-state index in [0.717, 1.165) is 10.0 Å². The van der Waals surface area contributed by atoms with Crippen molar-refractivity contribution in [2.24, 2.45) is 0 Å². The van der Waals surface area contributed by atoms with Crippen LogP contribution in [0.3, 0.4) is 0 Å². The number of para-hydroxylation sites is 1. The van der Waals surface area contributed by atoms with Crippen molar-refractivity contribution in [3.8, 4) is 5.75 Å². The summed E-state index contributed by atoms with van der Waals surface area (Å²) in [6.07, 6.45) is 0. The van der Waals surface area contributed by atoms with Crippen molar-refractivity contribution < 1.29 is 14.3 Å². The van der Waals surface area contributed by atoms with Crippen LogP contribution in [-0.4, -0.2) is 18.4 Å². The van der Waals surface area contributed by atoms with Crippen LogP contribution in [0.1, 0.15) is 28.9 Å². The molecule has 0 aliphatic carbocycles. The highest BCUT2D eigenvalue weighted by atomic mass is 79.9. The largest absolute Gasteiger partial charge is 0.484 e. The lowest BCUT2D eigenvalue weighted by molar-refractivity contribution is -0.118. The average molecular weight is 453 g/mol. The van der Waals surface area contributed by atoms with E-state index in [0.29, 0.717) is 17.0 Å². The Bertz CT molecular complexity index is 975. The van der Waals surface area contributed by atoms with Gasteiger partial charge in [0.1, 0.15) is 5.75 Å². The van der Waals surface area contributed by atoms with Crippen molar-refractivity contribution in [3.05, 3.63) is 94.5 Å². The minimum atomic E-state index is -0.343. The molecule has 0 heterocycles. The number of nitrogens with one attached hydrogen (secondary N) is 2. The van der Waals surface area contributed by atoms with Gasteiger partial charge in [-0.25, -0.2) is 0 Å². The van der Waals surface area contributed by atoms with E-state index < -0.39 is 0 Å². The molecule has 0 spiro atoms. The topological polar surface area (TPSA) is 67.4 Å². The highest BCUT2D eigenvalue weighted by Crippen LogP contribution is 2.19. The summed E-state index contributed by atoms with van der Waals surface area (Å²) in [5.74, 6) is -0.0126. The van der Waals surface area contributed by atoms with Crippen LogP contribution in [0.5, 0.6) is 5.75 Å². The van der Waals surface area contributed by atoms with Gasteiger partial charge in [0.2, 0.25) is 0 Å². The Kier molecular flexibility index (Phi) is 7.03. The fourth-order valence-electron chi connectivity index (χ4n) is 2.76. The molecule has 0 aliphatic heterocycles. The van der Waals surface area contributed by atoms with Crippen LogP contribution in [0.25, 0.3) is 0 Å². The number of rotatable bonds is 7. The third kappa shape index (κ3) is 5.93. The Morgan fingerprint density at radius 3 is 2.31 bits per heavy atom. The van der Waals surface area contributed by atoms with Crippen molar-refractivity contribution >= 4 is 33.4 Å². The van der Waals surface area contributed by atoms with Gasteiger partial charge in [-0.05, 0) is 48.9 Å². The maximum Gasteiger partial charge on any atom is 0.262 e. The molecule has 2 amide bonds. The highest BCUT2D eigenvalue weighted by molar-refractivity contribution is 9.10. The molecule has 0 bridgehead atoms. The molecular formula is C23H21BrN2O3. The van der Waals surface area contributed by atoms with Crippen molar-refractivity contribution in [2.45, 2.75) is 13.0 Å². The number of amides is 2. The number of hydrogen-bond acceptors (Lipinski definition) is 3. The van der Waals surface area contributed by atoms with Gasteiger partial charge in [-0.3, -0.25) is 9.59 Å². The summed E-state index contributed by atoms with van der Waals surface area (Å²) in [4.78, 5) is 25.0. The third-order valence-corrected chi connectivity index (χ3v) is 4.81. The summed E-state index contributed by atoms with van der Waals surface area (Å²) < 4.78 is 6.41. The normalized spacial score (nSPS) is 11.4. The zero-order valence-electron chi connectivity index (χ0n) is 15.9. The first-order valence-corrected chi connectivity index (χ1v) is 9.95. The quantitative estimate of drug-likeness (QED) is 0.532. The second-order valence-corrected chi connectivity index (χ2v) is 7.36. The second kappa shape index (κ2) is 9.89. The number of hydrogen-bond donors (Lipinski definition) is 2. The minimum Gasteiger partial charge on any atom is -0.484 e. The Labute approximate surface area is 178 Å². The van der Waals surface area contributed by atoms with Gasteiger partial charge in [0.15, 0.2) is 6.61 Å². The maximum atomic E-state index is 12.7. The van der Waals surface area contributed by atoms with E-state index in [1.165, 1.54) is 0 Å². The van der Waals surface area contributed by atoms with Gasteiger partial charge in [0.25, 0.3) is 11.8 Å². The summed E-state index contributed by atoms with van der Waals surface area (Å²) >= 11 is 3.35. The monoisotopic (exact) mass is 452 g/mol. The smallest absolute Gasteiger partial charge is 0.262 e. The first-order chi connectivity index (χ1) is 14.0. The number of benzene rings is 3. The summed E-state index contributed by atoms with van der Waals surface area (Å²) in [5, 5.41) is 5.72. The van der Waals surface area contributed by atoms with E-state index in [9.17, 15) is 9.59 Å². The molecule has 5 nitrogen and oxygen atoms in total. The molecule has 0 aromatic heterocycles. The summed E-state index contributed by atoms with van der Waals surface area (Å²) in [5.41, 5.74) is 1.84. The molecule has 3 aromatic rings. The molecule has 148 valence electrons. The summed E-state index contributed by atoms with van der Waals surface area (Å²) in [6.45, 7) is 1.76. The van der Waals surface area contributed by atoms with Gasteiger partial charge < -0.3 is 15.4 Å². The molecule has 3 rings (SSSR count). The third-order valence-electron chi connectivity index (χ3n) is 4.28. The minimum absolute atomic E-state index is 0.155. The van der Waals surface area contributed by atoms with E-state index in [4.69, 9.17) is 4.74 Å². The van der Waals surface area contributed by atoms with Crippen molar-refractivity contribution in [1.29, 1.82) is 0 Å². The SMILES string of the molecule is C[C@H](NC(=O)c1ccccc1NC(=O)COc1ccc(Br)cc1)c1ccccc1. The fraction of sp³-hybridized carbons (Fsp3) is 0.130. The van der Waals surface area contributed by atoms with Gasteiger partial charge in [0.05, 0.1) is 17.3 Å². The zero-order valence-corrected chi connectivity index (χ0v) is 17.5. The predicted molar refractivity (Wildman–Crippen MR) is 117 cm³/mol. The van der Waals surface area contributed by atoms with Crippen LogP contribution in [-0.2, 0) is 4.79 Å². The highest BCUT2D eigenvalue weighted by Gasteiger charge is 2.16. The molecule has 0 saturated carbocycles. The molecular weight excluding hydrogens is 432 g/mol. The van der Waals surface area contributed by atoms with E-state index in [2.05, 4.69) is 26.6 Å². The van der Waals surface area contributed by atoms with Gasteiger partial charge in [0, 0.05) is 4.47 Å². The summed E-state index contributed by atoms with van der Waals surface area (Å²) in [6, 6.07) is 23.6. The van der Waals surface area contributed by atoms with E-state index in [1.54, 1.807) is 36.4 Å². The van der Waals surface area contributed by atoms with Crippen LogP contribution >= 0.6 is 15.9 Å². The number of carbonyl (C=O) groups is 2. The van der Waals surface area contributed by atoms with E-state index >= 15 is 0 Å². The first-order valence-electron chi connectivity index (χ1n) is 9.16. The predicted octanol–water partition coefficient (Wildman–Crippen LogP) is 4.96. The molecule has 0 aliphatic rings. The molecule has 0 radical (unpaired) electrons. The maximum absolute atomic E-state index is 12.7. The Morgan fingerprint density at radius 2 is 1.59 bits per heavy atom. The van der Waals surface area contributed by atoms with Crippen LogP contribution < -0.4 is 15.4 Å². The lowest BCUT2D eigenvalue weighted by atomic mass is 10.1. The summed E-state index contributed by atoms with van der Waals surface area (Å²) in [7, 11) is 0. The number of halogens is 1. The number of anilines is 1. The number of carbonyl (C=O) groups excluding carboxylic acids is 2. The van der Waals surface area contributed by atoms with Crippen LogP contribution in [0.15, 0.2) is 83.3 Å². The molecule has 2 N–H and O–H groups in total. The zero-order chi connectivity index (χ0) is 20.6. The second-order valence-electron chi connectivity index (χ2n) is 6.44. The molecule has 0 unspecified atom stereocenters. The fourth-order valence-corrected chi connectivity index (χ4v) is 3.02. The van der Waals surface area contributed by atoms with Gasteiger partial charge >= 0.3 is 0 Å². The number of ether oxygens (including phenoxy) is 1. The Balaban J connectivity index is 1.62. The van der Waals surface area contributed by atoms with Gasteiger partial charge in [-0.15, -0.1) is 0 Å². The molecule has 6 heteroatoms. The van der Waals surface area contributed by atoms with Crippen LogP contribution in [0.4, 0.5) is 5.69 Å². The lowest BCUT2D eigenvalue weighted by Crippen LogP contribution is -2.28. The van der Waals surface area contributed by atoms with Crippen LogP contribution in [0.2, 0.25) is 0 Å². The van der Waals surface area contributed by atoms with Crippen molar-refractivity contribution in [1.82, 2.24) is 5.32 Å². The van der Waals surface area contributed by atoms with E-state index in [1.807, 2.05) is 49.4 Å². The standard InChI is InChI=1S/C23H21BrN2O3/c1-16(17-7-3-2-4-8-17)25-23(28)20-9-5-6-10-21(20)26-22(27)15-29-19-13-11-18(24)12-14-19/h2-14,16H,15H2,1H3,(H,25,28)(H,26,27)/t16-/m0/s1. The van der Waals surface area contributed by atoms with Crippen molar-refractivity contribution in [3.63, 3.8) is 0 Å². The van der Waals surface area contributed by atoms with Crippen molar-refractivity contribution in [2.75, 3.05) is 11.9 Å². The first kappa shape index (κ1) is 20.6. The Hall–Kier alpha value is -3.12. The molecule has 0 saturated heterocycles. The average Bonchev–Trinajstić information content (AvgIpc) is 2.74. The van der Waals surface area contributed by atoms with Crippen LogP contribution in [0, 0.1) is 0 Å². The lowest BCUT2D eigenvalue weighted by Gasteiger charge is -2.16. The molecule has 3 aromatic carbocycles. The molecule has 29 heavy (non-hydrogen) atoms. The van der Waals surface area contributed by atoms with Gasteiger partial charge in [-0.1, -0.05) is 58.4 Å². The molecule has 1 atom stereocenters.